The predicted octanol–water partition coefficient (Wildman–Crippen LogP) is 2.97. The number of imide groups is 1. The van der Waals surface area contributed by atoms with Crippen molar-refractivity contribution in [1.82, 2.24) is 5.06 Å². The Hall–Kier alpha value is -3.52. The summed E-state index contributed by atoms with van der Waals surface area (Å²) < 4.78 is 5.61. The van der Waals surface area contributed by atoms with Gasteiger partial charge in [0.1, 0.15) is 11.9 Å². The van der Waals surface area contributed by atoms with Crippen LogP contribution in [0.5, 0.6) is 5.75 Å². The van der Waals surface area contributed by atoms with Gasteiger partial charge in [0, 0.05) is 48.0 Å². The van der Waals surface area contributed by atoms with Crippen molar-refractivity contribution >= 4 is 48.8 Å². The quantitative estimate of drug-likeness (QED) is 0.498. The Morgan fingerprint density at radius 1 is 1.19 bits per heavy atom. The number of amides is 2. The molecule has 4 aliphatic rings. The van der Waals surface area contributed by atoms with Crippen LogP contribution < -0.4 is 20.1 Å². The van der Waals surface area contributed by atoms with E-state index in [9.17, 15) is 14.4 Å². The van der Waals surface area contributed by atoms with Crippen LogP contribution in [-0.2, 0) is 24.0 Å². The maximum absolute atomic E-state index is 13.3. The van der Waals surface area contributed by atoms with Gasteiger partial charge in [-0.05, 0) is 49.3 Å². The zero-order valence-corrected chi connectivity index (χ0v) is 21.7. The number of hydrogen-bond donors (Lipinski definition) is 1. The fourth-order valence-electron chi connectivity index (χ4n) is 5.87. The summed E-state index contributed by atoms with van der Waals surface area (Å²) in [7, 11) is 0. The first-order valence-electron chi connectivity index (χ1n) is 12.5. The van der Waals surface area contributed by atoms with Gasteiger partial charge in [0.15, 0.2) is 0 Å². The molecule has 0 N–H and O–H groups in total. The van der Waals surface area contributed by atoms with E-state index in [1.807, 2.05) is 36.4 Å². The molecule has 2 atom stereocenters. The van der Waals surface area contributed by atoms with Crippen molar-refractivity contribution in [2.45, 2.75) is 50.4 Å². The molecule has 0 spiro atoms. The molecule has 2 aromatic rings. The SMILES string of the molecule is C=c1ccc2c(c1)OC1CCN3C(=C1C=2)C(S)(CC(C)(C)C(=O)ON1C(=O)CCC1=O)c1ccccc13. The highest BCUT2D eigenvalue weighted by molar-refractivity contribution is 7.81. The van der Waals surface area contributed by atoms with Crippen LogP contribution in [0.2, 0.25) is 0 Å². The molecule has 4 aliphatic heterocycles. The van der Waals surface area contributed by atoms with Crippen LogP contribution in [0.3, 0.4) is 0 Å². The normalized spacial score (nSPS) is 24.1. The largest absolute Gasteiger partial charge is 0.485 e. The second kappa shape index (κ2) is 8.25. The number of nitrogens with zero attached hydrogens (tertiary/aromatic N) is 2. The molecular formula is C29H28N2O5S. The van der Waals surface area contributed by atoms with Gasteiger partial charge in [0.05, 0.1) is 10.2 Å². The molecule has 6 rings (SSSR count). The summed E-state index contributed by atoms with van der Waals surface area (Å²) in [4.78, 5) is 45.1. The molecule has 2 unspecified atom stereocenters. The fourth-order valence-corrected chi connectivity index (χ4v) is 6.71. The maximum atomic E-state index is 13.3. The van der Waals surface area contributed by atoms with Gasteiger partial charge >= 0.3 is 5.97 Å². The second-order valence-electron chi connectivity index (χ2n) is 10.8. The van der Waals surface area contributed by atoms with Crippen LogP contribution in [0, 0.1) is 5.41 Å². The smallest absolute Gasteiger partial charge is 0.338 e. The zero-order chi connectivity index (χ0) is 26.1. The number of rotatable bonds is 4. The highest BCUT2D eigenvalue weighted by Crippen LogP contribution is 2.58. The van der Waals surface area contributed by atoms with E-state index in [4.69, 9.17) is 22.2 Å². The molecule has 7 nitrogen and oxygen atoms in total. The molecule has 8 heteroatoms. The lowest BCUT2D eigenvalue weighted by Gasteiger charge is -2.41. The summed E-state index contributed by atoms with van der Waals surface area (Å²) in [5.41, 5.74) is 3.02. The van der Waals surface area contributed by atoms with Crippen LogP contribution in [0.1, 0.15) is 45.1 Å². The summed E-state index contributed by atoms with van der Waals surface area (Å²) in [6, 6.07) is 14.0. The summed E-state index contributed by atoms with van der Waals surface area (Å²) in [5.74, 6) is -0.814. The van der Waals surface area contributed by atoms with Gasteiger partial charge in [-0.15, -0.1) is 5.06 Å². The minimum absolute atomic E-state index is 0.0515. The first-order chi connectivity index (χ1) is 17.6. The highest BCUT2D eigenvalue weighted by atomic mass is 32.1. The summed E-state index contributed by atoms with van der Waals surface area (Å²) in [6.45, 7) is 8.30. The van der Waals surface area contributed by atoms with E-state index < -0.39 is 27.9 Å². The lowest BCUT2D eigenvalue weighted by Crippen LogP contribution is -2.44. The van der Waals surface area contributed by atoms with Crippen molar-refractivity contribution in [3.8, 4) is 5.75 Å². The summed E-state index contributed by atoms with van der Waals surface area (Å²) >= 11 is 5.32. The van der Waals surface area contributed by atoms with Gasteiger partial charge in [-0.1, -0.05) is 36.9 Å². The number of benzene rings is 2. The highest BCUT2D eigenvalue weighted by Gasteiger charge is 2.53. The molecule has 2 amide bonds. The lowest BCUT2D eigenvalue weighted by atomic mass is 9.77. The van der Waals surface area contributed by atoms with Crippen molar-refractivity contribution in [1.29, 1.82) is 0 Å². The van der Waals surface area contributed by atoms with E-state index in [-0.39, 0.29) is 25.4 Å². The van der Waals surface area contributed by atoms with Crippen molar-refractivity contribution in [2.24, 2.45) is 5.41 Å². The van der Waals surface area contributed by atoms with Crippen LogP contribution >= 0.6 is 12.6 Å². The minimum Gasteiger partial charge on any atom is -0.485 e. The number of anilines is 1. The fraction of sp³-hybridized carbons (Fsp3) is 0.345. The average Bonchev–Trinajstić information content (AvgIpc) is 3.31. The Morgan fingerprint density at radius 3 is 2.68 bits per heavy atom. The van der Waals surface area contributed by atoms with Crippen LogP contribution in [0.4, 0.5) is 5.69 Å². The lowest BCUT2D eigenvalue weighted by molar-refractivity contribution is -0.204. The van der Waals surface area contributed by atoms with Gasteiger partial charge in [0.2, 0.25) is 0 Å². The number of carbonyl (C=O) groups excluding carboxylic acids is 3. The van der Waals surface area contributed by atoms with E-state index in [2.05, 4.69) is 23.6 Å². The third-order valence-electron chi connectivity index (χ3n) is 7.63. The standard InChI is InChI=1S/C29H28N2O5S/c1-17-8-9-18-15-19-22(35-23(18)14-17)12-13-30-21-7-5-4-6-20(21)29(37,26(19)30)16-28(2,3)27(34)36-31-24(32)10-11-25(31)33/h4-9,14-15,22,37H,1,10-13,16H2,2-3H3. The van der Waals surface area contributed by atoms with Crippen molar-refractivity contribution in [3.63, 3.8) is 0 Å². The number of para-hydroxylation sites is 1. The molecule has 190 valence electrons. The van der Waals surface area contributed by atoms with Crippen LogP contribution in [0.25, 0.3) is 12.7 Å². The van der Waals surface area contributed by atoms with Gasteiger partial charge in [-0.25, -0.2) is 4.79 Å². The van der Waals surface area contributed by atoms with Crippen molar-refractivity contribution in [3.05, 3.63) is 69.7 Å². The molecule has 1 saturated heterocycles. The first kappa shape index (κ1) is 23.9. The van der Waals surface area contributed by atoms with Crippen molar-refractivity contribution in [2.75, 3.05) is 11.4 Å². The van der Waals surface area contributed by atoms with Gasteiger partial charge in [0.25, 0.3) is 11.8 Å². The van der Waals surface area contributed by atoms with E-state index in [1.54, 1.807) is 13.8 Å². The zero-order valence-electron chi connectivity index (χ0n) is 20.8. The summed E-state index contributed by atoms with van der Waals surface area (Å²) in [5, 5.41) is 2.48. The minimum atomic E-state index is -1.06. The average molecular weight is 517 g/mol. The third-order valence-corrected chi connectivity index (χ3v) is 8.24. The topological polar surface area (TPSA) is 76.2 Å². The van der Waals surface area contributed by atoms with E-state index in [0.717, 1.165) is 51.7 Å². The number of ether oxygens (including phenoxy) is 1. The molecule has 0 aliphatic carbocycles. The molecule has 0 saturated carbocycles. The first-order valence-corrected chi connectivity index (χ1v) is 12.9. The Bertz CT molecular complexity index is 1500. The second-order valence-corrected chi connectivity index (χ2v) is 11.5. The summed E-state index contributed by atoms with van der Waals surface area (Å²) in [6.07, 6.45) is 3.21. The molecule has 1 fully saturated rings. The number of fused-ring (bicyclic) bond motifs is 5. The Balaban J connectivity index is 1.45. The molecular weight excluding hydrogens is 488 g/mol. The van der Waals surface area contributed by atoms with E-state index >= 15 is 0 Å². The molecule has 0 radical (unpaired) electrons. The van der Waals surface area contributed by atoms with Gasteiger partial charge in [-0.2, -0.15) is 12.6 Å². The number of hydroxylamine groups is 2. The van der Waals surface area contributed by atoms with Crippen LogP contribution in [0.15, 0.2) is 53.7 Å². The molecule has 37 heavy (non-hydrogen) atoms. The predicted molar refractivity (Wildman–Crippen MR) is 142 cm³/mol. The van der Waals surface area contributed by atoms with Crippen LogP contribution in [-0.4, -0.2) is 35.5 Å². The monoisotopic (exact) mass is 516 g/mol. The third kappa shape index (κ3) is 3.69. The molecule has 0 aromatic heterocycles. The Morgan fingerprint density at radius 2 is 1.92 bits per heavy atom. The van der Waals surface area contributed by atoms with Gasteiger partial charge < -0.3 is 14.5 Å². The Labute approximate surface area is 220 Å². The number of carbonyl (C=O) groups is 3. The molecule has 0 bridgehead atoms. The number of thiol groups is 1. The van der Waals surface area contributed by atoms with E-state index in [0.29, 0.717) is 5.06 Å². The molecule has 2 aromatic carbocycles. The van der Waals surface area contributed by atoms with Crippen molar-refractivity contribution < 1.29 is 24.0 Å². The van der Waals surface area contributed by atoms with E-state index in [1.165, 1.54) is 0 Å². The van der Waals surface area contributed by atoms with Gasteiger partial charge in [-0.3, -0.25) is 9.59 Å². The number of hydrogen-bond acceptors (Lipinski definition) is 7. The Kier molecular flexibility index (Phi) is 5.32. The maximum Gasteiger partial charge on any atom is 0.338 e. The molecule has 4 heterocycles.